The quantitative estimate of drug-likeness (QED) is 0.165. The Morgan fingerprint density at radius 1 is 0.529 bits per heavy atom. The predicted molar refractivity (Wildman–Crippen MR) is 301 cm³/mol. The molecule has 12 rings (SSSR count). The molecule has 0 saturated carbocycles. The average molecular weight is 919 g/mol. The molecule has 2 aliphatic heterocycles. The van der Waals surface area contributed by atoms with Crippen molar-refractivity contribution < 1.29 is 4.42 Å². The zero-order valence-electron chi connectivity index (χ0n) is 44.6. The van der Waals surface area contributed by atoms with Gasteiger partial charge in [-0.15, -0.1) is 0 Å². The molecular formula is C66H71BN2O. The minimum Gasteiger partial charge on any atom is -0.466 e. The summed E-state index contributed by atoms with van der Waals surface area (Å²) in [6.45, 7) is 35.5. The van der Waals surface area contributed by atoms with Gasteiger partial charge in [0.1, 0.15) is 11.2 Å². The molecule has 7 aromatic carbocycles. The van der Waals surface area contributed by atoms with Crippen molar-refractivity contribution in [3.63, 3.8) is 0 Å². The number of nitrogens with zero attached hydrogens (tertiary/aromatic N) is 2. The molecule has 0 unspecified atom stereocenters. The molecule has 2 aliphatic carbocycles. The van der Waals surface area contributed by atoms with Crippen LogP contribution in [0.2, 0.25) is 0 Å². The predicted octanol–water partition coefficient (Wildman–Crippen LogP) is 17.2. The van der Waals surface area contributed by atoms with E-state index in [0.29, 0.717) is 0 Å². The van der Waals surface area contributed by atoms with Gasteiger partial charge in [-0.05, 0) is 206 Å². The number of aryl methyl sites for hydroxylation is 4. The van der Waals surface area contributed by atoms with Crippen LogP contribution >= 0.6 is 0 Å². The molecule has 0 bridgehead atoms. The highest BCUT2D eigenvalue weighted by Crippen LogP contribution is 2.56. The number of rotatable bonds is 3. The number of anilines is 5. The molecule has 0 N–H and O–H groups in total. The van der Waals surface area contributed by atoms with E-state index < -0.39 is 0 Å². The van der Waals surface area contributed by atoms with Gasteiger partial charge in [0.25, 0.3) is 0 Å². The van der Waals surface area contributed by atoms with Crippen LogP contribution in [0.1, 0.15) is 152 Å². The van der Waals surface area contributed by atoms with Crippen LogP contribution in [0.15, 0.2) is 114 Å². The van der Waals surface area contributed by atoms with Gasteiger partial charge in [0.2, 0.25) is 0 Å². The van der Waals surface area contributed by atoms with E-state index in [-0.39, 0.29) is 33.9 Å². The van der Waals surface area contributed by atoms with Gasteiger partial charge in [-0.3, -0.25) is 0 Å². The highest BCUT2D eigenvalue weighted by atomic mass is 16.3. The van der Waals surface area contributed by atoms with E-state index in [9.17, 15) is 0 Å². The molecule has 0 spiro atoms. The maximum absolute atomic E-state index is 7.76. The second kappa shape index (κ2) is 14.8. The van der Waals surface area contributed by atoms with Crippen molar-refractivity contribution in [2.45, 2.75) is 157 Å². The molecule has 3 heterocycles. The lowest BCUT2D eigenvalue weighted by atomic mass is 9.45. The van der Waals surface area contributed by atoms with Gasteiger partial charge >= 0.3 is 6.85 Å². The van der Waals surface area contributed by atoms with Crippen molar-refractivity contribution in [2.24, 2.45) is 0 Å². The Kier molecular flexibility index (Phi) is 9.54. The normalized spacial score (nSPS) is 18.1. The average Bonchev–Trinajstić information content (AvgIpc) is 3.67. The molecule has 4 heteroatoms. The molecule has 0 radical (unpaired) electrons. The van der Waals surface area contributed by atoms with Gasteiger partial charge in [-0.25, -0.2) is 0 Å². The first-order valence-electron chi connectivity index (χ1n) is 26.2. The smallest absolute Gasteiger partial charge is 0.375 e. The third-order valence-corrected chi connectivity index (χ3v) is 17.9. The summed E-state index contributed by atoms with van der Waals surface area (Å²) in [5.41, 5.74) is 26.9. The third-order valence-electron chi connectivity index (χ3n) is 17.9. The van der Waals surface area contributed by atoms with Gasteiger partial charge in [0, 0.05) is 33.7 Å². The molecular weight excluding hydrogens is 848 g/mol. The van der Waals surface area contributed by atoms with Crippen molar-refractivity contribution in [3.05, 3.63) is 159 Å². The lowest BCUT2D eigenvalue weighted by Gasteiger charge is -2.46. The fourth-order valence-electron chi connectivity index (χ4n) is 13.7. The first-order chi connectivity index (χ1) is 32.9. The van der Waals surface area contributed by atoms with Crippen molar-refractivity contribution in [1.29, 1.82) is 0 Å². The summed E-state index contributed by atoms with van der Waals surface area (Å²) in [6, 6.07) is 43.2. The molecule has 0 saturated heterocycles. The van der Waals surface area contributed by atoms with Crippen molar-refractivity contribution in [2.75, 3.05) is 9.71 Å². The largest absolute Gasteiger partial charge is 0.466 e. The number of hydrogen-bond acceptors (Lipinski definition) is 3. The molecule has 1 aromatic heterocycles. The van der Waals surface area contributed by atoms with Gasteiger partial charge < -0.3 is 14.1 Å². The zero-order valence-corrected chi connectivity index (χ0v) is 44.6. The SMILES string of the molecule is Cc1cc(C)c(-c2cc3c4c(c2)N(c2cc5c(cc2C)C(C)(C)CCC5(C)C)c2c(oc5cc6c(cc25)C(C)(C)CCC6(C)C)B4N(c2ccc(C(C)(C)C)cc2)c2ccc4ccccc4c2-3)c(C)c1. The molecule has 8 aromatic rings. The van der Waals surface area contributed by atoms with Gasteiger partial charge in [-0.1, -0.05) is 142 Å². The minimum atomic E-state index is -0.251. The number of fused-ring (bicyclic) bond motifs is 10. The highest BCUT2D eigenvalue weighted by Gasteiger charge is 2.51. The standard InChI is InChI=1S/C66H71BN2O/c1-38-30-40(3)57(41(4)31-38)43-33-48-58-46-19-17-16-18-42(46)20-25-53(58)69(45-23-21-44(22-24-45)62(5,6)7)67-59(48)55(34-43)68(54-36-51-49(32-39(54)2)63(8,9)26-28-65(51,12)13)60-47-35-50-52(37-56(47)70-61(60)67)66(14,15)29-27-64(50,10)11/h16-25,30-37H,26-29H2,1-15H3. The Morgan fingerprint density at radius 3 is 1.74 bits per heavy atom. The van der Waals surface area contributed by atoms with E-state index >= 15 is 0 Å². The lowest BCUT2D eigenvalue weighted by Crippen LogP contribution is -2.61. The molecule has 0 atom stereocenters. The Labute approximate surface area is 418 Å². The summed E-state index contributed by atoms with van der Waals surface area (Å²) in [4.78, 5) is 5.33. The molecule has 70 heavy (non-hydrogen) atoms. The van der Waals surface area contributed by atoms with E-state index in [0.717, 1.165) is 36.2 Å². The summed E-state index contributed by atoms with van der Waals surface area (Å²) in [6.07, 6.45) is 4.62. The van der Waals surface area contributed by atoms with Crippen molar-refractivity contribution in [1.82, 2.24) is 0 Å². The van der Waals surface area contributed by atoms with E-state index in [1.165, 1.54) is 123 Å². The van der Waals surface area contributed by atoms with Crippen LogP contribution in [0, 0.1) is 27.7 Å². The van der Waals surface area contributed by atoms with Crippen molar-refractivity contribution >= 4 is 68.1 Å². The van der Waals surface area contributed by atoms with E-state index in [1.54, 1.807) is 0 Å². The first kappa shape index (κ1) is 45.2. The second-order valence-electron chi connectivity index (χ2n) is 25.7. The lowest BCUT2D eigenvalue weighted by molar-refractivity contribution is 0.332. The third kappa shape index (κ3) is 6.53. The van der Waals surface area contributed by atoms with Crippen LogP contribution in [0.4, 0.5) is 28.4 Å². The molecule has 4 aliphatic rings. The van der Waals surface area contributed by atoms with Gasteiger partial charge in [-0.2, -0.15) is 0 Å². The van der Waals surface area contributed by atoms with Gasteiger partial charge in [0.05, 0.1) is 5.69 Å². The molecule has 354 valence electrons. The summed E-state index contributed by atoms with van der Waals surface area (Å²) in [5.74, 6) is 0. The first-order valence-corrected chi connectivity index (χ1v) is 26.2. The maximum atomic E-state index is 7.76. The number of hydrogen-bond donors (Lipinski definition) is 0. The van der Waals surface area contributed by atoms with E-state index in [2.05, 4.69) is 223 Å². The van der Waals surface area contributed by atoms with Crippen molar-refractivity contribution in [3.8, 4) is 22.3 Å². The topological polar surface area (TPSA) is 19.6 Å². The highest BCUT2D eigenvalue weighted by molar-refractivity contribution is 6.93. The monoisotopic (exact) mass is 919 g/mol. The molecule has 3 nitrogen and oxygen atoms in total. The Morgan fingerprint density at radius 2 is 1.11 bits per heavy atom. The zero-order chi connectivity index (χ0) is 49.4. The Hall–Kier alpha value is -6.00. The van der Waals surface area contributed by atoms with Crippen LogP contribution < -0.4 is 20.8 Å². The molecule has 0 amide bonds. The van der Waals surface area contributed by atoms with E-state index in [1.807, 2.05) is 0 Å². The van der Waals surface area contributed by atoms with Crippen LogP contribution in [-0.4, -0.2) is 6.85 Å². The second-order valence-corrected chi connectivity index (χ2v) is 25.7. The summed E-state index contributed by atoms with van der Waals surface area (Å²) in [5, 5.41) is 3.70. The number of furan rings is 1. The fraction of sp³-hybridized carbons (Fsp3) is 0.364. The van der Waals surface area contributed by atoms with Crippen LogP contribution in [0.5, 0.6) is 0 Å². The fourth-order valence-corrected chi connectivity index (χ4v) is 13.7. The summed E-state index contributed by atoms with van der Waals surface area (Å²) >= 11 is 0. The van der Waals surface area contributed by atoms with Crippen LogP contribution in [0.3, 0.4) is 0 Å². The Balaban J connectivity index is 1.28. The summed E-state index contributed by atoms with van der Waals surface area (Å²) in [7, 11) is 0. The summed E-state index contributed by atoms with van der Waals surface area (Å²) < 4.78 is 7.76. The van der Waals surface area contributed by atoms with Crippen LogP contribution in [-0.2, 0) is 27.1 Å². The Bertz CT molecular complexity index is 3510. The van der Waals surface area contributed by atoms with Gasteiger partial charge in [0.15, 0.2) is 0 Å². The molecule has 0 fully saturated rings. The van der Waals surface area contributed by atoms with Crippen LogP contribution in [0.25, 0.3) is 44.0 Å². The minimum absolute atomic E-state index is 0.0183. The maximum Gasteiger partial charge on any atom is 0.375 e. The van der Waals surface area contributed by atoms with E-state index in [4.69, 9.17) is 4.42 Å². The number of benzene rings is 7.